The van der Waals surface area contributed by atoms with Crippen LogP contribution >= 0.6 is 23.1 Å². The van der Waals surface area contributed by atoms with Crippen molar-refractivity contribution in [3.8, 4) is 5.75 Å². The van der Waals surface area contributed by atoms with E-state index in [9.17, 15) is 14.9 Å². The van der Waals surface area contributed by atoms with E-state index in [0.717, 1.165) is 5.69 Å². The highest BCUT2D eigenvalue weighted by Gasteiger charge is 2.15. The molecule has 28 heavy (non-hydrogen) atoms. The first-order chi connectivity index (χ1) is 13.5. The normalized spacial score (nSPS) is 10.3. The van der Waals surface area contributed by atoms with Crippen LogP contribution < -0.4 is 15.4 Å². The Morgan fingerprint density at radius 1 is 1.25 bits per heavy atom. The van der Waals surface area contributed by atoms with Gasteiger partial charge in [0.15, 0.2) is 4.34 Å². The molecule has 0 fully saturated rings. The fourth-order valence-corrected chi connectivity index (χ4v) is 3.76. The van der Waals surface area contributed by atoms with E-state index in [1.54, 1.807) is 0 Å². The lowest BCUT2D eigenvalue weighted by atomic mass is 10.2. The van der Waals surface area contributed by atoms with Gasteiger partial charge in [0.1, 0.15) is 5.75 Å². The van der Waals surface area contributed by atoms with E-state index >= 15 is 0 Å². The van der Waals surface area contributed by atoms with Crippen molar-refractivity contribution < 1.29 is 14.5 Å². The third-order valence-corrected chi connectivity index (χ3v) is 5.40. The molecule has 1 heterocycles. The van der Waals surface area contributed by atoms with Crippen LogP contribution in [0.1, 0.15) is 0 Å². The lowest BCUT2D eigenvalue weighted by Gasteiger charge is -2.09. The molecule has 0 bridgehead atoms. The van der Waals surface area contributed by atoms with E-state index in [0.29, 0.717) is 15.2 Å². The van der Waals surface area contributed by atoms with Crippen molar-refractivity contribution in [3.63, 3.8) is 0 Å². The first-order valence-corrected chi connectivity index (χ1v) is 9.76. The van der Waals surface area contributed by atoms with Gasteiger partial charge in [-0.05, 0) is 18.2 Å². The van der Waals surface area contributed by atoms with Crippen molar-refractivity contribution >= 4 is 51.2 Å². The van der Waals surface area contributed by atoms with Gasteiger partial charge in [0, 0.05) is 17.8 Å². The van der Waals surface area contributed by atoms with Crippen LogP contribution in [0.15, 0.2) is 52.9 Å². The molecular formula is C17H15N5O4S2. The summed E-state index contributed by atoms with van der Waals surface area (Å²) in [5.41, 5.74) is 1.00. The van der Waals surface area contributed by atoms with Crippen LogP contribution in [0.25, 0.3) is 0 Å². The van der Waals surface area contributed by atoms with E-state index in [2.05, 4.69) is 20.8 Å². The molecule has 0 saturated carbocycles. The molecule has 0 aliphatic rings. The molecule has 0 unspecified atom stereocenters. The third kappa shape index (κ3) is 5.18. The van der Waals surface area contributed by atoms with Gasteiger partial charge in [0.2, 0.25) is 11.0 Å². The number of hydrogen-bond acceptors (Lipinski definition) is 9. The highest BCUT2D eigenvalue weighted by molar-refractivity contribution is 8.01. The number of anilines is 3. The molecule has 0 aliphatic carbocycles. The van der Waals surface area contributed by atoms with E-state index in [1.807, 2.05) is 30.3 Å². The molecule has 9 nitrogen and oxygen atoms in total. The summed E-state index contributed by atoms with van der Waals surface area (Å²) < 4.78 is 5.76. The number of hydrogen-bond donors (Lipinski definition) is 2. The molecule has 2 N–H and O–H groups in total. The lowest BCUT2D eigenvalue weighted by molar-refractivity contribution is -0.384. The number of para-hydroxylation sites is 1. The summed E-state index contributed by atoms with van der Waals surface area (Å²) in [5.74, 6) is 0.0806. The molecule has 11 heteroatoms. The number of benzene rings is 2. The summed E-state index contributed by atoms with van der Waals surface area (Å²) in [6, 6.07) is 13.6. The van der Waals surface area contributed by atoms with Gasteiger partial charge in [-0.2, -0.15) is 0 Å². The zero-order valence-corrected chi connectivity index (χ0v) is 16.3. The summed E-state index contributed by atoms with van der Waals surface area (Å²) >= 11 is 2.55. The van der Waals surface area contributed by atoms with Crippen molar-refractivity contribution in [2.75, 3.05) is 23.5 Å². The van der Waals surface area contributed by atoms with Crippen LogP contribution in [0.5, 0.6) is 5.75 Å². The van der Waals surface area contributed by atoms with Crippen LogP contribution in [0.4, 0.5) is 22.2 Å². The fourth-order valence-electron chi connectivity index (χ4n) is 2.18. The first kappa shape index (κ1) is 19.6. The Morgan fingerprint density at radius 2 is 2.04 bits per heavy atom. The zero-order chi connectivity index (χ0) is 19.9. The largest absolute Gasteiger partial charge is 0.495 e. The number of ether oxygens (including phenoxy) is 1. The number of nitrogens with zero attached hydrogens (tertiary/aromatic N) is 3. The number of carbonyl (C=O) groups is 1. The van der Waals surface area contributed by atoms with E-state index < -0.39 is 4.92 Å². The van der Waals surface area contributed by atoms with Gasteiger partial charge < -0.3 is 15.4 Å². The second-order valence-corrected chi connectivity index (χ2v) is 7.54. The molecule has 3 aromatic rings. The predicted molar refractivity (Wildman–Crippen MR) is 109 cm³/mol. The molecule has 0 saturated heterocycles. The molecule has 144 valence electrons. The number of nitro groups is 1. The van der Waals surface area contributed by atoms with Crippen LogP contribution in [0.2, 0.25) is 0 Å². The summed E-state index contributed by atoms with van der Waals surface area (Å²) in [7, 11) is 1.42. The van der Waals surface area contributed by atoms with Gasteiger partial charge in [0.25, 0.3) is 5.69 Å². The molecular weight excluding hydrogens is 402 g/mol. The summed E-state index contributed by atoms with van der Waals surface area (Å²) in [6.45, 7) is 0. The third-order valence-electron chi connectivity index (χ3n) is 3.43. The van der Waals surface area contributed by atoms with Crippen molar-refractivity contribution in [2.24, 2.45) is 0 Å². The fraction of sp³-hybridized carbons (Fsp3) is 0.118. The summed E-state index contributed by atoms with van der Waals surface area (Å²) in [5, 5.41) is 25.4. The molecule has 0 spiro atoms. The average molecular weight is 417 g/mol. The Balaban J connectivity index is 1.58. The van der Waals surface area contributed by atoms with Crippen molar-refractivity contribution in [1.82, 2.24) is 10.2 Å². The Bertz CT molecular complexity index is 981. The first-order valence-electron chi connectivity index (χ1n) is 7.96. The topological polar surface area (TPSA) is 119 Å². The highest BCUT2D eigenvalue weighted by Crippen LogP contribution is 2.30. The van der Waals surface area contributed by atoms with Crippen LogP contribution in [0, 0.1) is 10.1 Å². The molecule has 0 radical (unpaired) electrons. The van der Waals surface area contributed by atoms with Gasteiger partial charge in [-0.1, -0.05) is 41.3 Å². The maximum absolute atomic E-state index is 12.2. The lowest BCUT2D eigenvalue weighted by Crippen LogP contribution is -2.14. The number of non-ortho nitro benzene ring substituents is 1. The molecule has 1 amide bonds. The van der Waals surface area contributed by atoms with Crippen LogP contribution in [0.3, 0.4) is 0 Å². The number of methoxy groups -OCH3 is 1. The van der Waals surface area contributed by atoms with E-state index in [-0.39, 0.29) is 23.0 Å². The van der Waals surface area contributed by atoms with Gasteiger partial charge >= 0.3 is 0 Å². The monoisotopic (exact) mass is 417 g/mol. The number of thioether (sulfide) groups is 1. The maximum Gasteiger partial charge on any atom is 0.271 e. The number of carbonyl (C=O) groups excluding carboxylic acids is 1. The molecule has 3 rings (SSSR count). The Hall–Kier alpha value is -3.18. The molecule has 0 aliphatic heterocycles. The standard InChI is InChI=1S/C17H15N5O4S2/c1-26-14-8-7-12(22(24)25)9-13(14)19-15(23)10-27-17-21-20-16(28-17)18-11-5-3-2-4-6-11/h2-9H,10H2,1H3,(H,18,20)(H,19,23). The molecule has 1 aromatic heterocycles. The maximum atomic E-state index is 12.2. The minimum atomic E-state index is -0.535. The number of nitrogens with one attached hydrogen (secondary N) is 2. The number of amides is 1. The molecule has 0 atom stereocenters. The van der Waals surface area contributed by atoms with Gasteiger partial charge in [-0.25, -0.2) is 0 Å². The number of rotatable bonds is 8. The molecule has 2 aromatic carbocycles. The van der Waals surface area contributed by atoms with Gasteiger partial charge in [-0.3, -0.25) is 14.9 Å². The van der Waals surface area contributed by atoms with E-state index in [4.69, 9.17) is 4.74 Å². The highest BCUT2D eigenvalue weighted by atomic mass is 32.2. The minimum Gasteiger partial charge on any atom is -0.495 e. The van der Waals surface area contributed by atoms with Crippen LogP contribution in [-0.2, 0) is 4.79 Å². The number of aromatic nitrogens is 2. The average Bonchev–Trinajstić information content (AvgIpc) is 3.14. The van der Waals surface area contributed by atoms with Gasteiger partial charge in [0.05, 0.1) is 23.5 Å². The van der Waals surface area contributed by atoms with Crippen molar-refractivity contribution in [1.29, 1.82) is 0 Å². The quantitative estimate of drug-likeness (QED) is 0.321. The second kappa shape index (κ2) is 9.15. The Morgan fingerprint density at radius 3 is 2.75 bits per heavy atom. The van der Waals surface area contributed by atoms with Crippen molar-refractivity contribution in [2.45, 2.75) is 4.34 Å². The minimum absolute atomic E-state index is 0.0752. The predicted octanol–water partition coefficient (Wildman–Crippen LogP) is 3.93. The number of nitro benzene ring substituents is 1. The smallest absolute Gasteiger partial charge is 0.271 e. The van der Waals surface area contributed by atoms with E-state index in [1.165, 1.54) is 48.4 Å². The van der Waals surface area contributed by atoms with Gasteiger partial charge in [-0.15, -0.1) is 10.2 Å². The zero-order valence-electron chi connectivity index (χ0n) is 14.6. The SMILES string of the molecule is COc1ccc([N+](=O)[O-])cc1NC(=O)CSc1nnc(Nc2ccccc2)s1. The Labute approximate surface area is 168 Å². The summed E-state index contributed by atoms with van der Waals surface area (Å²) in [4.78, 5) is 22.6. The second-order valence-electron chi connectivity index (χ2n) is 5.34. The summed E-state index contributed by atoms with van der Waals surface area (Å²) in [6.07, 6.45) is 0. The van der Waals surface area contributed by atoms with Crippen LogP contribution in [-0.4, -0.2) is 33.9 Å². The Kier molecular flexibility index (Phi) is 6.40. The van der Waals surface area contributed by atoms with Crippen molar-refractivity contribution in [3.05, 3.63) is 58.6 Å².